The van der Waals surface area contributed by atoms with E-state index in [-0.39, 0.29) is 19.1 Å². The molecule has 16 heavy (non-hydrogen) atoms. The van der Waals surface area contributed by atoms with Crippen molar-refractivity contribution in [1.29, 1.82) is 0 Å². The molecular formula is C10H15N3O3. The molecule has 0 unspecified atom stereocenters. The molecule has 1 aromatic heterocycles. The average molecular weight is 225 g/mol. The quantitative estimate of drug-likeness (QED) is 0.562. The molecule has 1 heterocycles. The number of nitrogens with two attached hydrogens (primary N) is 1. The first-order valence-electron chi connectivity index (χ1n) is 4.92. The highest BCUT2D eigenvalue weighted by molar-refractivity contribution is 5.92. The fourth-order valence-electron chi connectivity index (χ4n) is 1.03. The van der Waals surface area contributed by atoms with E-state index in [1.807, 2.05) is 0 Å². The van der Waals surface area contributed by atoms with Crippen LogP contribution in [0.5, 0.6) is 0 Å². The predicted molar refractivity (Wildman–Crippen MR) is 58.9 cm³/mol. The SMILES string of the molecule is Nc1ccc(C(=O)NCCOCCO)nc1. The van der Waals surface area contributed by atoms with Crippen molar-refractivity contribution in [3.05, 3.63) is 24.0 Å². The first-order valence-corrected chi connectivity index (χ1v) is 4.92. The molecule has 0 aliphatic carbocycles. The standard InChI is InChI=1S/C10H15N3O3/c11-8-1-2-9(13-7-8)10(15)12-3-5-16-6-4-14/h1-2,7,14H,3-6,11H2,(H,12,15). The van der Waals surface area contributed by atoms with Crippen LogP contribution in [0.3, 0.4) is 0 Å². The zero-order valence-electron chi connectivity index (χ0n) is 8.85. The number of pyridine rings is 1. The summed E-state index contributed by atoms with van der Waals surface area (Å²) in [5, 5.41) is 11.1. The first kappa shape index (κ1) is 12.4. The van der Waals surface area contributed by atoms with Crippen molar-refractivity contribution in [3.63, 3.8) is 0 Å². The fourth-order valence-corrected chi connectivity index (χ4v) is 1.03. The lowest BCUT2D eigenvalue weighted by Gasteiger charge is -2.05. The third-order valence-corrected chi connectivity index (χ3v) is 1.79. The summed E-state index contributed by atoms with van der Waals surface area (Å²) in [6.07, 6.45) is 1.43. The molecule has 0 fully saturated rings. The van der Waals surface area contributed by atoms with Crippen LogP contribution >= 0.6 is 0 Å². The van der Waals surface area contributed by atoms with E-state index in [4.69, 9.17) is 15.6 Å². The number of carbonyl (C=O) groups excluding carboxylic acids is 1. The van der Waals surface area contributed by atoms with Crippen LogP contribution in [0.4, 0.5) is 5.69 Å². The monoisotopic (exact) mass is 225 g/mol. The van der Waals surface area contributed by atoms with Gasteiger partial charge in [0.25, 0.3) is 5.91 Å². The van der Waals surface area contributed by atoms with Crippen molar-refractivity contribution in [2.24, 2.45) is 0 Å². The number of aliphatic hydroxyl groups excluding tert-OH is 1. The summed E-state index contributed by atoms with van der Waals surface area (Å²) in [7, 11) is 0. The third kappa shape index (κ3) is 4.24. The van der Waals surface area contributed by atoms with Gasteiger partial charge in [-0.1, -0.05) is 0 Å². The van der Waals surface area contributed by atoms with Gasteiger partial charge in [0, 0.05) is 6.54 Å². The van der Waals surface area contributed by atoms with Crippen LogP contribution < -0.4 is 11.1 Å². The second-order valence-corrected chi connectivity index (χ2v) is 3.07. The molecular weight excluding hydrogens is 210 g/mol. The number of rotatable bonds is 6. The Hall–Kier alpha value is -1.66. The van der Waals surface area contributed by atoms with Gasteiger partial charge in [-0.25, -0.2) is 4.98 Å². The number of aromatic nitrogens is 1. The molecule has 1 rings (SSSR count). The second kappa shape index (κ2) is 6.76. The number of nitrogen functional groups attached to an aromatic ring is 1. The highest BCUT2D eigenvalue weighted by Gasteiger charge is 2.05. The number of hydrogen-bond donors (Lipinski definition) is 3. The molecule has 0 aromatic carbocycles. The number of amides is 1. The van der Waals surface area contributed by atoms with Crippen molar-refractivity contribution in [3.8, 4) is 0 Å². The molecule has 6 nitrogen and oxygen atoms in total. The minimum atomic E-state index is -0.271. The second-order valence-electron chi connectivity index (χ2n) is 3.07. The van der Waals surface area contributed by atoms with Crippen LogP contribution in [0.25, 0.3) is 0 Å². The van der Waals surface area contributed by atoms with Crippen molar-refractivity contribution in [2.75, 3.05) is 32.1 Å². The Balaban J connectivity index is 2.27. The van der Waals surface area contributed by atoms with Gasteiger partial charge >= 0.3 is 0 Å². The summed E-state index contributed by atoms with van der Waals surface area (Å²) in [4.78, 5) is 15.3. The van der Waals surface area contributed by atoms with Gasteiger partial charge in [0.1, 0.15) is 5.69 Å². The zero-order valence-corrected chi connectivity index (χ0v) is 8.85. The van der Waals surface area contributed by atoms with Crippen LogP contribution in [0, 0.1) is 0 Å². The van der Waals surface area contributed by atoms with Crippen molar-refractivity contribution < 1.29 is 14.6 Å². The van der Waals surface area contributed by atoms with E-state index in [0.717, 1.165) is 0 Å². The van der Waals surface area contributed by atoms with Crippen LogP contribution in [0.15, 0.2) is 18.3 Å². The van der Waals surface area contributed by atoms with E-state index < -0.39 is 0 Å². The van der Waals surface area contributed by atoms with E-state index in [1.165, 1.54) is 6.20 Å². The lowest BCUT2D eigenvalue weighted by atomic mass is 10.3. The molecule has 0 bridgehead atoms. The molecule has 0 radical (unpaired) electrons. The van der Waals surface area contributed by atoms with E-state index in [1.54, 1.807) is 12.1 Å². The summed E-state index contributed by atoms with van der Waals surface area (Å²) in [6, 6.07) is 3.17. The van der Waals surface area contributed by atoms with Gasteiger partial charge in [-0.2, -0.15) is 0 Å². The topological polar surface area (TPSA) is 97.5 Å². The number of nitrogens with one attached hydrogen (secondary N) is 1. The molecule has 0 aliphatic rings. The first-order chi connectivity index (χ1) is 7.74. The maximum Gasteiger partial charge on any atom is 0.269 e. The summed E-state index contributed by atoms with van der Waals surface area (Å²) < 4.78 is 4.98. The van der Waals surface area contributed by atoms with E-state index in [0.29, 0.717) is 24.5 Å². The Morgan fingerprint density at radius 3 is 2.94 bits per heavy atom. The summed E-state index contributed by atoms with van der Waals surface area (Å²) in [6.45, 7) is 0.996. The number of ether oxygens (including phenoxy) is 1. The molecule has 0 saturated heterocycles. The minimum absolute atomic E-state index is 0.0204. The molecule has 1 amide bonds. The Labute approximate surface area is 93.4 Å². The molecule has 0 spiro atoms. The van der Waals surface area contributed by atoms with Gasteiger partial charge in [0.15, 0.2) is 0 Å². The molecule has 0 saturated carbocycles. The largest absolute Gasteiger partial charge is 0.397 e. The van der Waals surface area contributed by atoms with Crippen LogP contribution in [-0.2, 0) is 4.74 Å². The van der Waals surface area contributed by atoms with Crippen molar-refractivity contribution >= 4 is 11.6 Å². The summed E-state index contributed by atoms with van der Waals surface area (Å²) in [5.74, 6) is -0.271. The van der Waals surface area contributed by atoms with E-state index in [9.17, 15) is 4.79 Å². The zero-order chi connectivity index (χ0) is 11.8. The molecule has 6 heteroatoms. The number of aliphatic hydroxyl groups is 1. The molecule has 1 aromatic rings. The van der Waals surface area contributed by atoms with Crippen LogP contribution in [-0.4, -0.2) is 42.4 Å². The van der Waals surface area contributed by atoms with Crippen LogP contribution in [0.1, 0.15) is 10.5 Å². The lowest BCUT2D eigenvalue weighted by Crippen LogP contribution is -2.28. The van der Waals surface area contributed by atoms with E-state index >= 15 is 0 Å². The average Bonchev–Trinajstić information content (AvgIpc) is 2.29. The predicted octanol–water partition coefficient (Wildman–Crippen LogP) is -0.597. The van der Waals surface area contributed by atoms with E-state index in [2.05, 4.69) is 10.3 Å². The van der Waals surface area contributed by atoms with Gasteiger partial charge < -0.3 is 20.9 Å². The molecule has 0 aliphatic heterocycles. The fraction of sp³-hybridized carbons (Fsp3) is 0.400. The van der Waals surface area contributed by atoms with Crippen molar-refractivity contribution in [1.82, 2.24) is 10.3 Å². The van der Waals surface area contributed by atoms with Gasteiger partial charge in [0.2, 0.25) is 0 Å². The number of hydrogen-bond acceptors (Lipinski definition) is 5. The number of nitrogens with zero attached hydrogens (tertiary/aromatic N) is 1. The lowest BCUT2D eigenvalue weighted by molar-refractivity contribution is 0.0835. The minimum Gasteiger partial charge on any atom is -0.397 e. The smallest absolute Gasteiger partial charge is 0.269 e. The van der Waals surface area contributed by atoms with Gasteiger partial charge in [0.05, 0.1) is 31.7 Å². The van der Waals surface area contributed by atoms with Crippen molar-refractivity contribution in [2.45, 2.75) is 0 Å². The van der Waals surface area contributed by atoms with Gasteiger partial charge in [-0.05, 0) is 12.1 Å². The van der Waals surface area contributed by atoms with Gasteiger partial charge in [-0.15, -0.1) is 0 Å². The third-order valence-electron chi connectivity index (χ3n) is 1.79. The van der Waals surface area contributed by atoms with Crippen LogP contribution in [0.2, 0.25) is 0 Å². The number of anilines is 1. The maximum absolute atomic E-state index is 11.5. The maximum atomic E-state index is 11.5. The summed E-state index contributed by atoms with van der Waals surface area (Å²) in [5.41, 5.74) is 6.28. The molecule has 88 valence electrons. The highest BCUT2D eigenvalue weighted by Crippen LogP contribution is 2.00. The summed E-state index contributed by atoms with van der Waals surface area (Å²) >= 11 is 0. The Morgan fingerprint density at radius 2 is 2.31 bits per heavy atom. The Bertz CT molecular complexity index is 327. The molecule has 0 atom stereocenters. The highest BCUT2D eigenvalue weighted by atomic mass is 16.5. The number of carbonyl (C=O) groups is 1. The Morgan fingerprint density at radius 1 is 1.50 bits per heavy atom. The van der Waals surface area contributed by atoms with Gasteiger partial charge in [-0.3, -0.25) is 4.79 Å². The molecule has 4 N–H and O–H groups in total. The normalized spacial score (nSPS) is 10.1. The Kier molecular flexibility index (Phi) is 5.24.